The highest BCUT2D eigenvalue weighted by atomic mass is 16.5. The molecular weight excluding hydrogens is 354 g/mol. The Morgan fingerprint density at radius 2 is 2.00 bits per heavy atom. The minimum Gasteiger partial charge on any atom is -0.508 e. The summed E-state index contributed by atoms with van der Waals surface area (Å²) in [6.45, 7) is 4.49. The predicted molar refractivity (Wildman–Crippen MR) is 112 cm³/mol. The average molecular weight is 390 g/mol. The first-order valence-corrected chi connectivity index (χ1v) is 10.7. The average Bonchev–Trinajstić information content (AvgIpc) is 2.75. The van der Waals surface area contributed by atoms with E-state index in [0.717, 1.165) is 70.9 Å². The predicted octanol–water partition coefficient (Wildman–Crippen LogP) is 2.95. The van der Waals surface area contributed by atoms with Gasteiger partial charge in [0.05, 0.1) is 18.8 Å². The van der Waals surface area contributed by atoms with E-state index in [1.54, 1.807) is 12.1 Å². The second-order valence-corrected chi connectivity index (χ2v) is 7.75. The van der Waals surface area contributed by atoms with Crippen LogP contribution in [0.15, 0.2) is 29.3 Å². The number of aromatic hydroxyl groups is 1. The van der Waals surface area contributed by atoms with E-state index in [4.69, 9.17) is 9.47 Å². The molecule has 0 aromatic heterocycles. The summed E-state index contributed by atoms with van der Waals surface area (Å²) in [7, 11) is 1.85. The lowest BCUT2D eigenvalue weighted by atomic mass is 10.1. The minimum absolute atomic E-state index is 0.301. The topological polar surface area (TPSA) is 66.3 Å². The second kappa shape index (κ2) is 11.3. The Bertz CT molecular complexity index is 592. The first-order valence-electron chi connectivity index (χ1n) is 10.7. The largest absolute Gasteiger partial charge is 0.508 e. The van der Waals surface area contributed by atoms with Crippen LogP contribution in [-0.2, 0) is 15.9 Å². The van der Waals surface area contributed by atoms with Crippen LogP contribution < -0.4 is 5.32 Å². The molecule has 0 radical (unpaired) electrons. The number of benzene rings is 1. The van der Waals surface area contributed by atoms with Gasteiger partial charge in [0.25, 0.3) is 0 Å². The SMILES string of the molecule is CN=C(NCCCc1ccc(O)cc1)N1CCC(OCC2CCCCO2)CC1. The standard InChI is InChI=1S/C22H35N3O3/c1-23-22(24-13-4-5-18-7-9-19(26)10-8-18)25-14-11-20(12-15-25)28-17-21-6-2-3-16-27-21/h7-10,20-21,26H,2-6,11-17H2,1H3,(H,23,24). The molecule has 0 spiro atoms. The first-order chi connectivity index (χ1) is 13.7. The minimum atomic E-state index is 0.301. The molecule has 1 aromatic carbocycles. The molecule has 28 heavy (non-hydrogen) atoms. The Morgan fingerprint density at radius 1 is 1.21 bits per heavy atom. The van der Waals surface area contributed by atoms with Crippen molar-refractivity contribution in [3.05, 3.63) is 29.8 Å². The highest BCUT2D eigenvalue weighted by molar-refractivity contribution is 5.79. The Labute approximate surface area is 168 Å². The van der Waals surface area contributed by atoms with Gasteiger partial charge in [-0.05, 0) is 62.6 Å². The Balaban J connectivity index is 1.31. The fraction of sp³-hybridized carbons (Fsp3) is 0.682. The molecular formula is C22H35N3O3. The molecule has 0 bridgehead atoms. The summed E-state index contributed by atoms with van der Waals surface area (Å²) in [4.78, 5) is 6.78. The van der Waals surface area contributed by atoms with Crippen molar-refractivity contribution in [1.82, 2.24) is 10.2 Å². The number of aryl methyl sites for hydroxylation is 1. The number of nitrogens with zero attached hydrogens (tertiary/aromatic N) is 2. The zero-order chi connectivity index (χ0) is 19.6. The molecule has 1 aromatic rings. The van der Waals surface area contributed by atoms with Gasteiger partial charge in [-0.3, -0.25) is 4.99 Å². The summed E-state index contributed by atoms with van der Waals surface area (Å²) < 4.78 is 11.9. The lowest BCUT2D eigenvalue weighted by Crippen LogP contribution is -2.47. The van der Waals surface area contributed by atoms with Crippen LogP contribution in [0.4, 0.5) is 0 Å². The van der Waals surface area contributed by atoms with Gasteiger partial charge in [0.2, 0.25) is 0 Å². The van der Waals surface area contributed by atoms with Crippen molar-refractivity contribution in [3.8, 4) is 5.75 Å². The van der Waals surface area contributed by atoms with Gasteiger partial charge >= 0.3 is 0 Å². The van der Waals surface area contributed by atoms with Crippen LogP contribution >= 0.6 is 0 Å². The quantitative estimate of drug-likeness (QED) is 0.426. The first kappa shape index (κ1) is 20.9. The monoisotopic (exact) mass is 389 g/mol. The molecule has 1 unspecified atom stereocenters. The zero-order valence-corrected chi connectivity index (χ0v) is 17.1. The molecule has 2 N–H and O–H groups in total. The van der Waals surface area contributed by atoms with Crippen molar-refractivity contribution in [3.63, 3.8) is 0 Å². The maximum atomic E-state index is 9.35. The maximum absolute atomic E-state index is 9.35. The molecule has 0 aliphatic carbocycles. The fourth-order valence-corrected chi connectivity index (χ4v) is 3.90. The number of hydrogen-bond acceptors (Lipinski definition) is 4. The van der Waals surface area contributed by atoms with Crippen LogP contribution in [-0.4, -0.2) is 68.1 Å². The van der Waals surface area contributed by atoms with Gasteiger partial charge in [-0.1, -0.05) is 12.1 Å². The lowest BCUT2D eigenvalue weighted by molar-refractivity contribution is -0.0721. The summed E-state index contributed by atoms with van der Waals surface area (Å²) in [5.41, 5.74) is 1.24. The van der Waals surface area contributed by atoms with E-state index in [0.29, 0.717) is 18.0 Å². The number of aliphatic imine (C=N–C) groups is 1. The van der Waals surface area contributed by atoms with Crippen LogP contribution in [0.25, 0.3) is 0 Å². The highest BCUT2D eigenvalue weighted by Gasteiger charge is 2.23. The number of phenolic OH excluding ortho intramolecular Hbond substituents is 1. The molecule has 0 amide bonds. The second-order valence-electron chi connectivity index (χ2n) is 7.75. The molecule has 0 saturated carbocycles. The Kier molecular flexibility index (Phi) is 8.42. The summed E-state index contributed by atoms with van der Waals surface area (Å²) in [5, 5.41) is 12.8. The van der Waals surface area contributed by atoms with Crippen LogP contribution in [0, 0.1) is 0 Å². The normalized spacial score (nSPS) is 21.7. The third kappa shape index (κ3) is 6.67. The van der Waals surface area contributed by atoms with Crippen molar-refractivity contribution in [2.24, 2.45) is 4.99 Å². The van der Waals surface area contributed by atoms with Gasteiger partial charge in [0.15, 0.2) is 5.96 Å². The van der Waals surface area contributed by atoms with Crippen molar-refractivity contribution in [1.29, 1.82) is 0 Å². The lowest BCUT2D eigenvalue weighted by Gasteiger charge is -2.35. The number of likely N-dealkylation sites (tertiary alicyclic amines) is 1. The van der Waals surface area contributed by atoms with Crippen LogP contribution in [0.2, 0.25) is 0 Å². The zero-order valence-electron chi connectivity index (χ0n) is 17.1. The number of hydrogen-bond donors (Lipinski definition) is 2. The van der Waals surface area contributed by atoms with E-state index >= 15 is 0 Å². The highest BCUT2D eigenvalue weighted by Crippen LogP contribution is 2.18. The number of phenols is 1. The molecule has 2 saturated heterocycles. The number of rotatable bonds is 7. The van der Waals surface area contributed by atoms with E-state index in [9.17, 15) is 5.11 Å². The summed E-state index contributed by atoms with van der Waals surface area (Å²) >= 11 is 0. The van der Waals surface area contributed by atoms with E-state index in [-0.39, 0.29) is 0 Å². The van der Waals surface area contributed by atoms with Crippen LogP contribution in [0.3, 0.4) is 0 Å². The van der Waals surface area contributed by atoms with Crippen LogP contribution in [0.5, 0.6) is 5.75 Å². The van der Waals surface area contributed by atoms with Crippen molar-refractivity contribution >= 4 is 5.96 Å². The molecule has 2 aliphatic heterocycles. The third-order valence-corrected chi connectivity index (χ3v) is 5.61. The third-order valence-electron chi connectivity index (χ3n) is 5.61. The number of nitrogens with one attached hydrogen (secondary N) is 1. The van der Waals surface area contributed by atoms with E-state index in [1.807, 2.05) is 19.2 Å². The van der Waals surface area contributed by atoms with E-state index in [1.165, 1.54) is 18.4 Å². The smallest absolute Gasteiger partial charge is 0.193 e. The van der Waals surface area contributed by atoms with Gasteiger partial charge in [0.1, 0.15) is 5.75 Å². The molecule has 2 aliphatic rings. The molecule has 6 heteroatoms. The van der Waals surface area contributed by atoms with Gasteiger partial charge in [-0.15, -0.1) is 0 Å². The maximum Gasteiger partial charge on any atom is 0.193 e. The van der Waals surface area contributed by atoms with Crippen molar-refractivity contribution in [2.75, 3.05) is 39.9 Å². The van der Waals surface area contributed by atoms with Gasteiger partial charge in [0, 0.05) is 33.3 Å². The summed E-state index contributed by atoms with van der Waals surface area (Å²) in [5.74, 6) is 1.31. The van der Waals surface area contributed by atoms with Gasteiger partial charge in [-0.25, -0.2) is 0 Å². The Morgan fingerprint density at radius 3 is 2.68 bits per heavy atom. The van der Waals surface area contributed by atoms with Gasteiger partial charge < -0.3 is 24.8 Å². The summed E-state index contributed by atoms with van der Waals surface area (Å²) in [6.07, 6.45) is 8.34. The number of guanidine groups is 1. The molecule has 2 heterocycles. The van der Waals surface area contributed by atoms with Crippen molar-refractivity contribution in [2.45, 2.75) is 57.2 Å². The summed E-state index contributed by atoms with van der Waals surface area (Å²) in [6, 6.07) is 7.45. The molecule has 6 nitrogen and oxygen atoms in total. The number of piperidine rings is 1. The van der Waals surface area contributed by atoms with E-state index in [2.05, 4.69) is 15.2 Å². The molecule has 156 valence electrons. The number of ether oxygens (including phenoxy) is 2. The Hall–Kier alpha value is -1.79. The molecule has 3 rings (SSSR count). The van der Waals surface area contributed by atoms with Crippen LogP contribution in [0.1, 0.15) is 44.1 Å². The molecule has 2 fully saturated rings. The van der Waals surface area contributed by atoms with Crippen molar-refractivity contribution < 1.29 is 14.6 Å². The van der Waals surface area contributed by atoms with E-state index < -0.39 is 0 Å². The van der Waals surface area contributed by atoms with Gasteiger partial charge in [-0.2, -0.15) is 0 Å². The fourth-order valence-electron chi connectivity index (χ4n) is 3.90. The molecule has 1 atom stereocenters.